The van der Waals surface area contributed by atoms with Gasteiger partial charge in [-0.05, 0) is 50.5 Å². The first-order chi connectivity index (χ1) is 15.3. The van der Waals surface area contributed by atoms with Crippen LogP contribution in [0.3, 0.4) is 0 Å². The maximum atomic E-state index is 12.9. The fraction of sp³-hybridized carbons (Fsp3) is 0.680. The van der Waals surface area contributed by atoms with E-state index in [1.54, 1.807) is 0 Å². The lowest BCUT2D eigenvalue weighted by atomic mass is 9.91. The maximum absolute atomic E-state index is 12.9. The molecular weight excluding hydrogens is 402 g/mol. The van der Waals surface area contributed by atoms with Crippen molar-refractivity contribution in [1.82, 2.24) is 24.4 Å². The number of likely N-dealkylation sites (tertiary alicyclic amines) is 2. The van der Waals surface area contributed by atoms with Gasteiger partial charge >= 0.3 is 0 Å². The number of piperidine rings is 1. The Balaban J connectivity index is 1.48. The van der Waals surface area contributed by atoms with Crippen LogP contribution < -0.4 is 0 Å². The highest BCUT2D eigenvalue weighted by molar-refractivity contribution is 5.77. The number of amides is 2. The molecule has 0 N–H and O–H groups in total. The average Bonchev–Trinajstić information content (AvgIpc) is 3.39. The first-order valence-electron chi connectivity index (χ1n) is 12.2. The molecule has 0 radical (unpaired) electrons. The molecule has 0 spiro atoms. The molecule has 7 nitrogen and oxygen atoms in total. The van der Waals surface area contributed by atoms with Gasteiger partial charge in [-0.1, -0.05) is 20.8 Å². The Bertz CT molecular complexity index is 1000. The van der Waals surface area contributed by atoms with Crippen LogP contribution in [0.1, 0.15) is 75.0 Å². The molecule has 2 aromatic heterocycles. The topological polar surface area (TPSA) is 70.8 Å². The third-order valence-corrected chi connectivity index (χ3v) is 7.26. The van der Waals surface area contributed by atoms with Crippen molar-refractivity contribution in [2.24, 2.45) is 11.8 Å². The van der Waals surface area contributed by atoms with Gasteiger partial charge in [0.25, 0.3) is 0 Å². The van der Waals surface area contributed by atoms with E-state index in [2.05, 4.69) is 26.8 Å². The second kappa shape index (κ2) is 9.20. The molecule has 7 heteroatoms. The number of fused-ring (bicyclic) bond motifs is 1. The summed E-state index contributed by atoms with van der Waals surface area (Å²) in [6.45, 7) is 13.8. The zero-order valence-corrected chi connectivity index (χ0v) is 20.2. The van der Waals surface area contributed by atoms with Crippen LogP contribution in [0.15, 0.2) is 6.07 Å². The summed E-state index contributed by atoms with van der Waals surface area (Å²) in [4.78, 5) is 33.7. The molecule has 4 rings (SSSR count). The van der Waals surface area contributed by atoms with Crippen molar-refractivity contribution >= 4 is 17.5 Å². The number of hydrogen-bond acceptors (Lipinski definition) is 4. The molecule has 2 aliphatic heterocycles. The van der Waals surface area contributed by atoms with Crippen LogP contribution in [0.25, 0.3) is 5.65 Å². The Morgan fingerprint density at radius 1 is 1.06 bits per heavy atom. The van der Waals surface area contributed by atoms with E-state index in [0.717, 1.165) is 60.9 Å². The van der Waals surface area contributed by atoms with Crippen molar-refractivity contribution in [3.63, 3.8) is 0 Å². The lowest BCUT2D eigenvalue weighted by Gasteiger charge is -2.35. The van der Waals surface area contributed by atoms with E-state index in [1.807, 2.05) is 28.2 Å². The Hall–Kier alpha value is -2.44. The summed E-state index contributed by atoms with van der Waals surface area (Å²) in [5, 5.41) is 4.87. The summed E-state index contributed by atoms with van der Waals surface area (Å²) in [5.41, 5.74) is 5.02. The van der Waals surface area contributed by atoms with Crippen molar-refractivity contribution in [2.75, 3.05) is 26.2 Å². The van der Waals surface area contributed by atoms with E-state index in [-0.39, 0.29) is 17.7 Å². The molecule has 2 aliphatic rings. The number of aryl methyl sites for hydroxylation is 2. The molecule has 2 aromatic rings. The second-order valence-corrected chi connectivity index (χ2v) is 10.0. The molecule has 4 heterocycles. The molecule has 0 saturated carbocycles. The molecule has 2 fully saturated rings. The zero-order valence-electron chi connectivity index (χ0n) is 20.2. The molecule has 2 amide bonds. The lowest BCUT2D eigenvalue weighted by Crippen LogP contribution is -2.42. The monoisotopic (exact) mass is 439 g/mol. The molecule has 32 heavy (non-hydrogen) atoms. The van der Waals surface area contributed by atoms with Gasteiger partial charge in [0.1, 0.15) is 0 Å². The fourth-order valence-corrected chi connectivity index (χ4v) is 5.61. The van der Waals surface area contributed by atoms with Gasteiger partial charge in [-0.3, -0.25) is 9.59 Å². The van der Waals surface area contributed by atoms with Crippen LogP contribution in [0, 0.1) is 25.7 Å². The maximum Gasteiger partial charge on any atom is 0.222 e. The third kappa shape index (κ3) is 4.52. The summed E-state index contributed by atoms with van der Waals surface area (Å²) in [6, 6.07) is 2.07. The van der Waals surface area contributed by atoms with Crippen LogP contribution in [0.4, 0.5) is 0 Å². The number of hydrogen-bond donors (Lipinski definition) is 0. The second-order valence-electron chi connectivity index (χ2n) is 10.0. The minimum atomic E-state index is 0.214. The van der Waals surface area contributed by atoms with Gasteiger partial charge in [-0.25, -0.2) is 9.50 Å². The van der Waals surface area contributed by atoms with E-state index >= 15 is 0 Å². The molecule has 2 saturated heterocycles. The highest BCUT2D eigenvalue weighted by atomic mass is 16.2. The number of nitrogens with zero attached hydrogens (tertiary/aromatic N) is 5. The molecule has 3 atom stereocenters. The fourth-order valence-electron chi connectivity index (χ4n) is 5.61. The van der Waals surface area contributed by atoms with Gasteiger partial charge in [0.05, 0.1) is 5.69 Å². The molecule has 0 aliphatic carbocycles. The Morgan fingerprint density at radius 2 is 1.78 bits per heavy atom. The lowest BCUT2D eigenvalue weighted by molar-refractivity contribution is -0.134. The average molecular weight is 440 g/mol. The summed E-state index contributed by atoms with van der Waals surface area (Å²) in [7, 11) is 0. The Morgan fingerprint density at radius 3 is 2.47 bits per heavy atom. The SMILES string of the molecule is CCC(=O)N1CC[C@H](c2cc3nc(C)c(CCC(=O)N4C[C@@H](C)C[C@H](C)C4)c(C)n3n2)C1. The van der Waals surface area contributed by atoms with Gasteiger partial charge in [0, 0.05) is 62.4 Å². The van der Waals surface area contributed by atoms with Crippen molar-refractivity contribution < 1.29 is 9.59 Å². The van der Waals surface area contributed by atoms with Crippen LogP contribution in [-0.2, 0) is 16.0 Å². The Labute approximate surface area is 191 Å². The van der Waals surface area contributed by atoms with Crippen molar-refractivity contribution in [3.8, 4) is 0 Å². The van der Waals surface area contributed by atoms with E-state index in [9.17, 15) is 9.59 Å². The highest BCUT2D eigenvalue weighted by Crippen LogP contribution is 2.28. The number of aromatic nitrogens is 3. The first-order valence-corrected chi connectivity index (χ1v) is 12.2. The third-order valence-electron chi connectivity index (χ3n) is 7.26. The van der Waals surface area contributed by atoms with Crippen molar-refractivity contribution in [3.05, 3.63) is 28.7 Å². The van der Waals surface area contributed by atoms with Crippen LogP contribution in [0.2, 0.25) is 0 Å². The summed E-state index contributed by atoms with van der Waals surface area (Å²) in [6.07, 6.45) is 3.90. The predicted octanol–water partition coefficient (Wildman–Crippen LogP) is 3.51. The number of rotatable bonds is 5. The summed E-state index contributed by atoms with van der Waals surface area (Å²) < 4.78 is 1.93. The zero-order chi connectivity index (χ0) is 23.0. The van der Waals surface area contributed by atoms with E-state index in [4.69, 9.17) is 10.1 Å². The highest BCUT2D eigenvalue weighted by Gasteiger charge is 2.29. The quantitative estimate of drug-likeness (QED) is 0.715. The summed E-state index contributed by atoms with van der Waals surface area (Å²) >= 11 is 0. The predicted molar refractivity (Wildman–Crippen MR) is 125 cm³/mol. The van der Waals surface area contributed by atoms with Crippen LogP contribution in [0.5, 0.6) is 0 Å². The van der Waals surface area contributed by atoms with Crippen LogP contribution in [-0.4, -0.2) is 62.4 Å². The minimum absolute atomic E-state index is 0.214. The molecule has 0 aromatic carbocycles. The molecule has 0 bridgehead atoms. The van der Waals surface area contributed by atoms with Gasteiger partial charge in [0.15, 0.2) is 5.65 Å². The smallest absolute Gasteiger partial charge is 0.222 e. The van der Waals surface area contributed by atoms with Gasteiger partial charge < -0.3 is 9.80 Å². The van der Waals surface area contributed by atoms with Gasteiger partial charge in [-0.2, -0.15) is 5.10 Å². The number of carbonyl (C=O) groups is 2. The minimum Gasteiger partial charge on any atom is -0.342 e. The van der Waals surface area contributed by atoms with E-state index < -0.39 is 0 Å². The summed E-state index contributed by atoms with van der Waals surface area (Å²) in [5.74, 6) is 1.87. The normalized spacial score (nSPS) is 23.8. The number of carbonyl (C=O) groups excluding carboxylic acids is 2. The molecule has 0 unspecified atom stereocenters. The van der Waals surface area contributed by atoms with Crippen LogP contribution >= 0.6 is 0 Å². The van der Waals surface area contributed by atoms with E-state index in [1.165, 1.54) is 6.42 Å². The first kappa shape index (κ1) is 22.7. The van der Waals surface area contributed by atoms with Gasteiger partial charge in [-0.15, -0.1) is 0 Å². The molecule has 174 valence electrons. The Kier molecular flexibility index (Phi) is 6.54. The molecular formula is C25H37N5O2. The van der Waals surface area contributed by atoms with Crippen molar-refractivity contribution in [1.29, 1.82) is 0 Å². The van der Waals surface area contributed by atoms with Gasteiger partial charge in [0.2, 0.25) is 11.8 Å². The van der Waals surface area contributed by atoms with Crippen molar-refractivity contribution in [2.45, 2.75) is 72.6 Å². The largest absolute Gasteiger partial charge is 0.342 e. The standard InChI is InChI=1S/C25H37N5O2/c1-6-24(31)28-10-9-20(15-28)22-12-23-26-18(4)21(19(5)30(23)27-22)7-8-25(32)29-13-16(2)11-17(3)14-29/h12,16-17,20H,6-11,13-15H2,1-5H3/t16-,17-,20-/m0/s1. The van der Waals surface area contributed by atoms with E-state index in [0.29, 0.717) is 31.1 Å².